The molecule has 2 rings (SSSR count). The lowest BCUT2D eigenvalue weighted by molar-refractivity contribution is 0.110. The van der Waals surface area contributed by atoms with Crippen molar-refractivity contribution in [1.29, 1.82) is 0 Å². The Balaban J connectivity index is 2.04. The van der Waals surface area contributed by atoms with Crippen LogP contribution in [0.15, 0.2) is 24.3 Å². The summed E-state index contributed by atoms with van der Waals surface area (Å²) in [5.41, 5.74) is 7.33. The summed E-state index contributed by atoms with van der Waals surface area (Å²) in [4.78, 5) is 4.86. The minimum absolute atomic E-state index is 0.300. The van der Waals surface area contributed by atoms with E-state index in [-0.39, 0.29) is 0 Å². The first-order chi connectivity index (χ1) is 10.2. The Labute approximate surface area is 128 Å². The van der Waals surface area contributed by atoms with Crippen LogP contribution in [0, 0.1) is 0 Å². The lowest BCUT2D eigenvalue weighted by atomic mass is 9.98. The van der Waals surface area contributed by atoms with Crippen LogP contribution < -0.4 is 10.5 Å². The van der Waals surface area contributed by atoms with Gasteiger partial charge in [0.25, 0.3) is 0 Å². The molecule has 1 aliphatic heterocycles. The highest BCUT2D eigenvalue weighted by Gasteiger charge is 2.26. The number of piperidine rings is 1. The van der Waals surface area contributed by atoms with Gasteiger partial charge in [-0.1, -0.05) is 12.1 Å². The fourth-order valence-corrected chi connectivity index (χ4v) is 3.19. The van der Waals surface area contributed by atoms with Gasteiger partial charge < -0.3 is 15.4 Å². The molecule has 0 saturated carbocycles. The van der Waals surface area contributed by atoms with Gasteiger partial charge >= 0.3 is 0 Å². The maximum Gasteiger partial charge on any atom is 0.119 e. The molecule has 4 heteroatoms. The quantitative estimate of drug-likeness (QED) is 0.871. The molecule has 4 nitrogen and oxygen atoms in total. The third-order valence-electron chi connectivity index (χ3n) is 4.45. The van der Waals surface area contributed by atoms with Gasteiger partial charge in [-0.25, -0.2) is 0 Å². The van der Waals surface area contributed by atoms with Gasteiger partial charge in [0, 0.05) is 31.7 Å². The minimum atomic E-state index is 0.300. The number of hydrogen-bond acceptors (Lipinski definition) is 4. The van der Waals surface area contributed by atoms with Crippen molar-refractivity contribution in [2.45, 2.75) is 31.8 Å². The average molecular weight is 291 g/mol. The topological polar surface area (TPSA) is 41.7 Å². The Morgan fingerprint density at radius 2 is 2.05 bits per heavy atom. The van der Waals surface area contributed by atoms with Crippen molar-refractivity contribution in [3.8, 4) is 5.75 Å². The molecule has 1 saturated heterocycles. The number of nitrogens with two attached hydrogens (primary N) is 1. The molecule has 0 aromatic heterocycles. The number of hydrogen-bond donors (Lipinski definition) is 1. The SMILES string of the molecule is CCOc1cccc(C(CN)N2CCC(N(C)C)CC2)c1. The zero-order chi connectivity index (χ0) is 15.2. The second-order valence-corrected chi connectivity index (χ2v) is 5.99. The monoisotopic (exact) mass is 291 g/mol. The van der Waals surface area contributed by atoms with E-state index in [9.17, 15) is 0 Å². The molecule has 0 amide bonds. The van der Waals surface area contributed by atoms with E-state index >= 15 is 0 Å². The third-order valence-corrected chi connectivity index (χ3v) is 4.45. The Bertz CT molecular complexity index is 428. The van der Waals surface area contributed by atoms with Crippen LogP contribution in [0.4, 0.5) is 0 Å². The molecule has 1 heterocycles. The highest BCUT2D eigenvalue weighted by molar-refractivity contribution is 5.31. The first-order valence-electron chi connectivity index (χ1n) is 7.99. The number of nitrogens with zero attached hydrogens (tertiary/aromatic N) is 2. The van der Waals surface area contributed by atoms with Gasteiger partial charge in [-0.2, -0.15) is 0 Å². The Morgan fingerprint density at radius 1 is 1.33 bits per heavy atom. The molecule has 1 atom stereocenters. The summed E-state index contributed by atoms with van der Waals surface area (Å²) < 4.78 is 5.61. The second kappa shape index (κ2) is 7.78. The van der Waals surface area contributed by atoms with Crippen molar-refractivity contribution in [2.75, 3.05) is 40.3 Å². The van der Waals surface area contributed by atoms with E-state index < -0.39 is 0 Å². The van der Waals surface area contributed by atoms with E-state index in [1.807, 2.05) is 13.0 Å². The Hall–Kier alpha value is -1.10. The van der Waals surface area contributed by atoms with Gasteiger partial charge in [0.2, 0.25) is 0 Å². The first-order valence-corrected chi connectivity index (χ1v) is 7.99. The molecule has 1 fully saturated rings. The molecule has 21 heavy (non-hydrogen) atoms. The molecular weight excluding hydrogens is 262 g/mol. The number of rotatable bonds is 6. The minimum Gasteiger partial charge on any atom is -0.494 e. The Morgan fingerprint density at radius 3 is 2.62 bits per heavy atom. The van der Waals surface area contributed by atoms with Crippen LogP contribution in [0.3, 0.4) is 0 Å². The lowest BCUT2D eigenvalue weighted by Gasteiger charge is -2.39. The molecule has 0 bridgehead atoms. The summed E-state index contributed by atoms with van der Waals surface area (Å²) in [5, 5.41) is 0. The smallest absolute Gasteiger partial charge is 0.119 e. The molecule has 118 valence electrons. The maximum absolute atomic E-state index is 6.06. The molecule has 1 unspecified atom stereocenters. The maximum atomic E-state index is 6.06. The first kappa shape index (κ1) is 16.3. The molecule has 1 aromatic rings. The summed E-state index contributed by atoms with van der Waals surface area (Å²) in [6.07, 6.45) is 2.43. The fraction of sp³-hybridized carbons (Fsp3) is 0.647. The van der Waals surface area contributed by atoms with E-state index in [0.717, 1.165) is 18.8 Å². The van der Waals surface area contributed by atoms with Gasteiger partial charge in [-0.05, 0) is 51.6 Å². The van der Waals surface area contributed by atoms with Crippen molar-refractivity contribution in [3.05, 3.63) is 29.8 Å². The van der Waals surface area contributed by atoms with E-state index in [0.29, 0.717) is 25.2 Å². The van der Waals surface area contributed by atoms with Gasteiger partial charge in [0.05, 0.1) is 6.61 Å². The van der Waals surface area contributed by atoms with Crippen LogP contribution in [0.5, 0.6) is 5.75 Å². The molecule has 0 spiro atoms. The average Bonchev–Trinajstić information content (AvgIpc) is 2.49. The number of likely N-dealkylation sites (tertiary alicyclic amines) is 1. The van der Waals surface area contributed by atoms with Crippen LogP contribution >= 0.6 is 0 Å². The van der Waals surface area contributed by atoms with Crippen molar-refractivity contribution >= 4 is 0 Å². The zero-order valence-electron chi connectivity index (χ0n) is 13.6. The molecule has 0 aliphatic carbocycles. The van der Waals surface area contributed by atoms with Gasteiger partial charge in [0.1, 0.15) is 5.75 Å². The van der Waals surface area contributed by atoms with Crippen LogP contribution in [0.2, 0.25) is 0 Å². The van der Waals surface area contributed by atoms with Crippen LogP contribution in [0.25, 0.3) is 0 Å². The molecular formula is C17H29N3O. The fourth-order valence-electron chi connectivity index (χ4n) is 3.19. The van der Waals surface area contributed by atoms with Gasteiger partial charge in [-0.3, -0.25) is 4.90 Å². The summed E-state index contributed by atoms with van der Waals surface area (Å²) in [6, 6.07) is 9.38. The second-order valence-electron chi connectivity index (χ2n) is 5.99. The van der Waals surface area contributed by atoms with Crippen molar-refractivity contribution < 1.29 is 4.74 Å². The van der Waals surface area contributed by atoms with Gasteiger partial charge in [-0.15, -0.1) is 0 Å². The summed E-state index contributed by atoms with van der Waals surface area (Å²) in [7, 11) is 4.35. The van der Waals surface area contributed by atoms with Crippen molar-refractivity contribution in [2.24, 2.45) is 5.73 Å². The normalized spacial score (nSPS) is 18.9. The predicted molar refractivity (Wildman–Crippen MR) is 87.7 cm³/mol. The Kier molecular flexibility index (Phi) is 6.03. The molecule has 2 N–H and O–H groups in total. The van der Waals surface area contributed by atoms with Crippen LogP contribution in [-0.2, 0) is 0 Å². The van der Waals surface area contributed by atoms with Crippen LogP contribution in [-0.4, -0.2) is 56.2 Å². The lowest BCUT2D eigenvalue weighted by Crippen LogP contribution is -2.45. The highest BCUT2D eigenvalue weighted by atomic mass is 16.5. The number of benzene rings is 1. The van der Waals surface area contributed by atoms with E-state index in [1.54, 1.807) is 0 Å². The summed E-state index contributed by atoms with van der Waals surface area (Å²) in [5.74, 6) is 0.941. The van der Waals surface area contributed by atoms with E-state index in [2.05, 4.69) is 42.1 Å². The standard InChI is InChI=1S/C17H29N3O/c1-4-21-16-7-5-6-14(12-16)17(13-18)20-10-8-15(9-11-20)19(2)3/h5-7,12,15,17H,4,8-11,13,18H2,1-3H3. The van der Waals surface area contributed by atoms with E-state index in [1.165, 1.54) is 18.4 Å². The molecule has 1 aliphatic rings. The summed E-state index contributed by atoms with van der Waals surface area (Å²) in [6.45, 7) is 5.60. The molecule has 0 radical (unpaired) electrons. The van der Waals surface area contributed by atoms with Crippen molar-refractivity contribution in [1.82, 2.24) is 9.80 Å². The number of ether oxygens (including phenoxy) is 1. The summed E-state index contributed by atoms with van der Waals surface area (Å²) >= 11 is 0. The van der Waals surface area contributed by atoms with Crippen LogP contribution in [0.1, 0.15) is 31.4 Å². The highest BCUT2D eigenvalue weighted by Crippen LogP contribution is 2.27. The predicted octanol–water partition coefficient (Wildman–Crippen LogP) is 2.11. The largest absolute Gasteiger partial charge is 0.494 e. The third kappa shape index (κ3) is 4.19. The van der Waals surface area contributed by atoms with E-state index in [4.69, 9.17) is 10.5 Å². The molecule has 1 aromatic carbocycles. The van der Waals surface area contributed by atoms with Crippen molar-refractivity contribution in [3.63, 3.8) is 0 Å². The van der Waals surface area contributed by atoms with Gasteiger partial charge in [0.15, 0.2) is 0 Å². The zero-order valence-corrected chi connectivity index (χ0v) is 13.6.